The van der Waals surface area contributed by atoms with Crippen LogP contribution in [0.15, 0.2) is 53.4 Å². The molecule has 0 fully saturated rings. The van der Waals surface area contributed by atoms with Crippen LogP contribution in [0.2, 0.25) is 0 Å². The number of halogens is 1. The Labute approximate surface area is 140 Å². The van der Waals surface area contributed by atoms with E-state index in [4.69, 9.17) is 5.73 Å². The van der Waals surface area contributed by atoms with Crippen molar-refractivity contribution in [1.82, 2.24) is 4.98 Å². The van der Waals surface area contributed by atoms with Crippen LogP contribution < -0.4 is 5.73 Å². The minimum Gasteiger partial charge on any atom is -0.324 e. The highest BCUT2D eigenvalue weighted by molar-refractivity contribution is 7.90. The highest BCUT2D eigenvalue weighted by atomic mass is 32.2. The molecule has 1 heterocycles. The monoisotopic (exact) mass is 344 g/mol. The van der Waals surface area contributed by atoms with Gasteiger partial charge < -0.3 is 5.73 Å². The highest BCUT2D eigenvalue weighted by Gasteiger charge is 2.19. The van der Waals surface area contributed by atoms with E-state index >= 15 is 0 Å². The van der Waals surface area contributed by atoms with Crippen molar-refractivity contribution in [2.75, 3.05) is 6.26 Å². The molecule has 0 amide bonds. The number of nitrogens with two attached hydrogens (primary N) is 1. The Morgan fingerprint density at radius 3 is 2.50 bits per heavy atom. The third kappa shape index (κ3) is 3.02. The SMILES string of the molecule is C[C@H](N)c1cc2ccc(F)cc2nc1-c1ccccc1S(C)(=O)=O. The van der Waals surface area contributed by atoms with Crippen molar-refractivity contribution >= 4 is 20.7 Å². The largest absolute Gasteiger partial charge is 0.324 e. The molecule has 2 aromatic carbocycles. The second-order valence-corrected chi connectivity index (χ2v) is 7.80. The Morgan fingerprint density at radius 1 is 1.12 bits per heavy atom. The number of sulfone groups is 1. The van der Waals surface area contributed by atoms with Crippen molar-refractivity contribution in [2.24, 2.45) is 5.73 Å². The number of benzene rings is 2. The van der Waals surface area contributed by atoms with Gasteiger partial charge in [-0.1, -0.05) is 18.2 Å². The fourth-order valence-corrected chi connectivity index (χ4v) is 3.59. The zero-order valence-corrected chi connectivity index (χ0v) is 14.1. The van der Waals surface area contributed by atoms with Gasteiger partial charge in [-0.2, -0.15) is 0 Å². The average molecular weight is 344 g/mol. The van der Waals surface area contributed by atoms with E-state index in [9.17, 15) is 12.8 Å². The molecule has 1 atom stereocenters. The van der Waals surface area contributed by atoms with Gasteiger partial charge in [0.25, 0.3) is 0 Å². The number of aromatic nitrogens is 1. The van der Waals surface area contributed by atoms with E-state index < -0.39 is 15.7 Å². The van der Waals surface area contributed by atoms with Crippen LogP contribution in [0.3, 0.4) is 0 Å². The topological polar surface area (TPSA) is 73.0 Å². The van der Waals surface area contributed by atoms with Crippen LogP contribution in [-0.4, -0.2) is 19.7 Å². The van der Waals surface area contributed by atoms with Crippen LogP contribution in [-0.2, 0) is 9.84 Å². The lowest BCUT2D eigenvalue weighted by atomic mass is 9.99. The van der Waals surface area contributed by atoms with Gasteiger partial charge in [0.2, 0.25) is 0 Å². The summed E-state index contributed by atoms with van der Waals surface area (Å²) in [6.45, 7) is 1.80. The number of nitrogens with zero attached hydrogens (tertiary/aromatic N) is 1. The van der Waals surface area contributed by atoms with Crippen LogP contribution in [0.1, 0.15) is 18.5 Å². The summed E-state index contributed by atoms with van der Waals surface area (Å²) in [4.78, 5) is 4.69. The minimum atomic E-state index is -3.44. The van der Waals surface area contributed by atoms with Crippen molar-refractivity contribution in [3.63, 3.8) is 0 Å². The molecule has 1 aromatic heterocycles. The van der Waals surface area contributed by atoms with Crippen molar-refractivity contribution < 1.29 is 12.8 Å². The predicted octanol–water partition coefficient (Wildman–Crippen LogP) is 3.46. The molecule has 0 radical (unpaired) electrons. The molecule has 0 unspecified atom stereocenters. The van der Waals surface area contributed by atoms with Gasteiger partial charge in [0, 0.05) is 29.3 Å². The molecule has 4 nitrogen and oxygen atoms in total. The highest BCUT2D eigenvalue weighted by Crippen LogP contribution is 2.33. The lowest BCUT2D eigenvalue weighted by Crippen LogP contribution is -2.10. The zero-order valence-electron chi connectivity index (χ0n) is 13.3. The van der Waals surface area contributed by atoms with Crippen molar-refractivity contribution in [2.45, 2.75) is 17.9 Å². The van der Waals surface area contributed by atoms with E-state index in [2.05, 4.69) is 4.98 Å². The van der Waals surface area contributed by atoms with Crippen molar-refractivity contribution in [3.8, 4) is 11.3 Å². The Kier molecular flexibility index (Phi) is 4.11. The summed E-state index contributed by atoms with van der Waals surface area (Å²) in [7, 11) is -3.44. The van der Waals surface area contributed by atoms with Gasteiger partial charge >= 0.3 is 0 Å². The summed E-state index contributed by atoms with van der Waals surface area (Å²) in [5, 5.41) is 0.754. The Bertz CT molecular complexity index is 1030. The second kappa shape index (κ2) is 5.96. The molecule has 0 bridgehead atoms. The number of hydrogen-bond donors (Lipinski definition) is 1. The minimum absolute atomic E-state index is 0.176. The maximum atomic E-state index is 13.5. The summed E-state index contributed by atoms with van der Waals surface area (Å²) in [6, 6.07) is 12.4. The first kappa shape index (κ1) is 16.5. The molecule has 0 spiro atoms. The molecule has 2 N–H and O–H groups in total. The smallest absolute Gasteiger partial charge is 0.176 e. The van der Waals surface area contributed by atoms with E-state index in [0.717, 1.165) is 11.6 Å². The van der Waals surface area contributed by atoms with Crippen LogP contribution in [0.4, 0.5) is 4.39 Å². The van der Waals surface area contributed by atoms with Crippen LogP contribution >= 0.6 is 0 Å². The molecule has 3 rings (SSSR count). The summed E-state index contributed by atoms with van der Waals surface area (Å²) in [6.07, 6.45) is 1.15. The molecule has 0 aliphatic carbocycles. The van der Waals surface area contributed by atoms with E-state index in [0.29, 0.717) is 22.3 Å². The first-order valence-electron chi connectivity index (χ1n) is 7.42. The van der Waals surface area contributed by atoms with Gasteiger partial charge in [0.15, 0.2) is 9.84 Å². The molecule has 0 saturated heterocycles. The van der Waals surface area contributed by atoms with Gasteiger partial charge in [0.05, 0.1) is 16.1 Å². The van der Waals surface area contributed by atoms with Gasteiger partial charge in [-0.15, -0.1) is 0 Å². The third-order valence-electron chi connectivity index (χ3n) is 3.84. The predicted molar refractivity (Wildman–Crippen MR) is 92.8 cm³/mol. The van der Waals surface area contributed by atoms with E-state index in [1.807, 2.05) is 6.07 Å². The molecule has 0 saturated carbocycles. The zero-order chi connectivity index (χ0) is 17.5. The molecule has 0 aliphatic heterocycles. The maximum absolute atomic E-state index is 13.5. The normalized spacial score (nSPS) is 13.2. The molecule has 124 valence electrons. The summed E-state index contributed by atoms with van der Waals surface area (Å²) < 4.78 is 37.8. The summed E-state index contributed by atoms with van der Waals surface area (Å²) in [5.74, 6) is -0.397. The Morgan fingerprint density at radius 2 is 1.83 bits per heavy atom. The lowest BCUT2D eigenvalue weighted by molar-refractivity contribution is 0.602. The average Bonchev–Trinajstić information content (AvgIpc) is 2.52. The third-order valence-corrected chi connectivity index (χ3v) is 5.00. The standard InChI is InChI=1S/C18H17FN2O2S/c1-11(20)15-9-12-7-8-13(19)10-16(12)21-18(15)14-5-3-4-6-17(14)24(2,22)23/h3-11H,20H2,1-2H3/t11-/m0/s1. The Hall–Kier alpha value is -2.31. The van der Waals surface area contributed by atoms with Crippen LogP contribution in [0.25, 0.3) is 22.2 Å². The van der Waals surface area contributed by atoms with Gasteiger partial charge in [0.1, 0.15) is 5.82 Å². The van der Waals surface area contributed by atoms with Gasteiger partial charge in [-0.05, 0) is 36.8 Å². The van der Waals surface area contributed by atoms with E-state index in [1.165, 1.54) is 18.2 Å². The number of hydrogen-bond acceptors (Lipinski definition) is 4. The van der Waals surface area contributed by atoms with Gasteiger partial charge in [-0.3, -0.25) is 0 Å². The lowest BCUT2D eigenvalue weighted by Gasteiger charge is -2.16. The number of rotatable bonds is 3. The van der Waals surface area contributed by atoms with Gasteiger partial charge in [-0.25, -0.2) is 17.8 Å². The first-order chi connectivity index (χ1) is 11.3. The van der Waals surface area contributed by atoms with E-state index in [1.54, 1.807) is 31.2 Å². The fourth-order valence-electron chi connectivity index (χ4n) is 2.71. The molecule has 24 heavy (non-hydrogen) atoms. The van der Waals surface area contributed by atoms with Crippen molar-refractivity contribution in [3.05, 3.63) is 59.9 Å². The fraction of sp³-hybridized carbons (Fsp3) is 0.167. The summed E-state index contributed by atoms with van der Waals surface area (Å²) in [5.41, 5.74) is 8.17. The maximum Gasteiger partial charge on any atom is 0.176 e. The molecule has 0 aliphatic rings. The quantitative estimate of drug-likeness (QED) is 0.790. The molecule has 6 heteroatoms. The second-order valence-electron chi connectivity index (χ2n) is 5.82. The number of pyridine rings is 1. The molecular formula is C18H17FN2O2S. The van der Waals surface area contributed by atoms with Crippen LogP contribution in [0.5, 0.6) is 0 Å². The van der Waals surface area contributed by atoms with Crippen molar-refractivity contribution in [1.29, 1.82) is 0 Å². The van der Waals surface area contributed by atoms with Crippen LogP contribution in [0, 0.1) is 5.82 Å². The van der Waals surface area contributed by atoms with E-state index in [-0.39, 0.29) is 10.9 Å². The number of fused-ring (bicyclic) bond motifs is 1. The molecular weight excluding hydrogens is 327 g/mol. The first-order valence-corrected chi connectivity index (χ1v) is 9.32. The summed E-state index contributed by atoms with van der Waals surface area (Å²) >= 11 is 0. The molecule has 3 aromatic rings. The Balaban J connectivity index is 2.39.